The highest BCUT2D eigenvalue weighted by Gasteiger charge is 2.25. The number of nitrogens with one attached hydrogen (secondary N) is 1. The monoisotopic (exact) mass is 492 g/mol. The Balaban J connectivity index is 1.72. The molecule has 0 saturated carbocycles. The van der Waals surface area contributed by atoms with Gasteiger partial charge in [-0.2, -0.15) is 0 Å². The molecule has 0 spiro atoms. The van der Waals surface area contributed by atoms with Crippen molar-refractivity contribution in [1.82, 2.24) is 14.8 Å². The normalized spacial score (nSPS) is 17.2. The number of halogens is 2. The summed E-state index contributed by atoms with van der Waals surface area (Å²) in [6.07, 6.45) is 3.31. The first-order valence-electron chi connectivity index (χ1n) is 10.7. The Morgan fingerprint density at radius 1 is 1.21 bits per heavy atom. The standard InChI is InChI=1S/C23H26ClFN4O3S/c1-23(2,3)15-6-8-17(9-7-15)33(30,31)28-21-12-20(25)19(24)11-18(21)22-27-26-14-29(22)16-5-4-10-32-13-16/h6-9,11-12,14,16,28H,4-5,10,13H2,1-3H3. The molecule has 1 atom stereocenters. The molecule has 10 heteroatoms. The predicted octanol–water partition coefficient (Wildman–Crippen LogP) is 5.19. The first kappa shape index (κ1) is 23.7. The molecule has 1 N–H and O–H groups in total. The Morgan fingerprint density at radius 2 is 1.94 bits per heavy atom. The van der Waals surface area contributed by atoms with E-state index in [1.165, 1.54) is 18.2 Å². The number of rotatable bonds is 5. The highest BCUT2D eigenvalue weighted by molar-refractivity contribution is 7.92. The average Bonchev–Trinajstić information content (AvgIpc) is 3.26. The lowest BCUT2D eigenvalue weighted by Gasteiger charge is -2.25. The van der Waals surface area contributed by atoms with Crippen molar-refractivity contribution in [3.63, 3.8) is 0 Å². The molecule has 1 aromatic heterocycles. The van der Waals surface area contributed by atoms with Crippen molar-refractivity contribution in [3.05, 3.63) is 59.1 Å². The number of nitrogens with zero attached hydrogens (tertiary/aromatic N) is 3. The highest BCUT2D eigenvalue weighted by Crippen LogP contribution is 2.35. The molecule has 0 amide bonds. The van der Waals surface area contributed by atoms with E-state index in [9.17, 15) is 12.8 Å². The van der Waals surface area contributed by atoms with Crippen LogP contribution in [-0.4, -0.2) is 36.4 Å². The quantitative estimate of drug-likeness (QED) is 0.530. The number of benzene rings is 2. The highest BCUT2D eigenvalue weighted by atomic mass is 35.5. The first-order chi connectivity index (χ1) is 15.6. The molecule has 1 aliphatic rings. The van der Waals surface area contributed by atoms with Crippen LogP contribution < -0.4 is 4.72 Å². The van der Waals surface area contributed by atoms with Gasteiger partial charge >= 0.3 is 0 Å². The molecule has 0 bridgehead atoms. The van der Waals surface area contributed by atoms with Crippen molar-refractivity contribution >= 4 is 27.3 Å². The van der Waals surface area contributed by atoms with Crippen molar-refractivity contribution in [2.24, 2.45) is 0 Å². The van der Waals surface area contributed by atoms with E-state index in [-0.39, 0.29) is 27.1 Å². The van der Waals surface area contributed by atoms with Crippen LogP contribution >= 0.6 is 11.6 Å². The van der Waals surface area contributed by atoms with Gasteiger partial charge in [-0.25, -0.2) is 12.8 Å². The molecule has 0 aliphatic carbocycles. The van der Waals surface area contributed by atoms with Crippen LogP contribution in [0.3, 0.4) is 0 Å². The summed E-state index contributed by atoms with van der Waals surface area (Å²) in [5.74, 6) is -0.360. The Kier molecular flexibility index (Phi) is 6.48. The molecule has 33 heavy (non-hydrogen) atoms. The summed E-state index contributed by atoms with van der Waals surface area (Å²) in [7, 11) is -4.00. The minimum Gasteiger partial charge on any atom is -0.379 e. The first-order valence-corrected chi connectivity index (χ1v) is 12.5. The van der Waals surface area contributed by atoms with Gasteiger partial charge in [0.2, 0.25) is 0 Å². The maximum absolute atomic E-state index is 14.4. The van der Waals surface area contributed by atoms with E-state index in [0.717, 1.165) is 24.5 Å². The number of ether oxygens (including phenoxy) is 1. The molecule has 0 radical (unpaired) electrons. The van der Waals surface area contributed by atoms with E-state index >= 15 is 0 Å². The van der Waals surface area contributed by atoms with Gasteiger partial charge in [-0.05, 0) is 42.0 Å². The van der Waals surface area contributed by atoms with E-state index in [4.69, 9.17) is 16.3 Å². The zero-order valence-corrected chi connectivity index (χ0v) is 20.3. The lowest BCUT2D eigenvalue weighted by Crippen LogP contribution is -2.22. The van der Waals surface area contributed by atoms with Gasteiger partial charge in [0.05, 0.1) is 28.3 Å². The molecule has 2 heterocycles. The number of anilines is 1. The number of sulfonamides is 1. The molecule has 176 valence electrons. The number of hydrogen-bond donors (Lipinski definition) is 1. The third-order valence-electron chi connectivity index (χ3n) is 5.68. The zero-order valence-electron chi connectivity index (χ0n) is 18.7. The van der Waals surface area contributed by atoms with Gasteiger partial charge < -0.3 is 9.30 Å². The van der Waals surface area contributed by atoms with Crippen LogP contribution in [0.15, 0.2) is 47.6 Å². The topological polar surface area (TPSA) is 86.1 Å². The van der Waals surface area contributed by atoms with Crippen LogP contribution in [0.2, 0.25) is 5.02 Å². The van der Waals surface area contributed by atoms with E-state index in [0.29, 0.717) is 24.6 Å². The summed E-state index contributed by atoms with van der Waals surface area (Å²) in [6.45, 7) is 7.32. The van der Waals surface area contributed by atoms with Crippen molar-refractivity contribution in [2.75, 3.05) is 17.9 Å². The van der Waals surface area contributed by atoms with Gasteiger partial charge in [0.15, 0.2) is 5.82 Å². The Morgan fingerprint density at radius 3 is 2.58 bits per heavy atom. The minimum absolute atomic E-state index is 0.0121. The van der Waals surface area contributed by atoms with Gasteiger partial charge in [0.1, 0.15) is 12.1 Å². The summed E-state index contributed by atoms with van der Waals surface area (Å²) in [5, 5.41) is 8.03. The average molecular weight is 493 g/mol. The van der Waals surface area contributed by atoms with E-state index in [1.54, 1.807) is 18.5 Å². The van der Waals surface area contributed by atoms with Crippen LogP contribution in [0, 0.1) is 5.82 Å². The van der Waals surface area contributed by atoms with Crippen LogP contribution in [0.5, 0.6) is 0 Å². The summed E-state index contributed by atoms with van der Waals surface area (Å²) in [4.78, 5) is 0.0685. The second-order valence-electron chi connectivity index (χ2n) is 9.12. The minimum atomic E-state index is -4.00. The predicted molar refractivity (Wildman–Crippen MR) is 125 cm³/mol. The van der Waals surface area contributed by atoms with Gasteiger partial charge in [-0.3, -0.25) is 4.72 Å². The second kappa shape index (κ2) is 9.04. The van der Waals surface area contributed by atoms with Gasteiger partial charge in [-0.15, -0.1) is 10.2 Å². The van der Waals surface area contributed by atoms with Gasteiger partial charge in [0, 0.05) is 18.2 Å². The van der Waals surface area contributed by atoms with Gasteiger partial charge in [-0.1, -0.05) is 44.5 Å². The van der Waals surface area contributed by atoms with E-state index in [1.807, 2.05) is 25.3 Å². The Hall–Kier alpha value is -2.49. The van der Waals surface area contributed by atoms with Crippen LogP contribution in [-0.2, 0) is 20.2 Å². The maximum Gasteiger partial charge on any atom is 0.261 e. The molecule has 1 unspecified atom stereocenters. The van der Waals surface area contributed by atoms with Crippen molar-refractivity contribution < 1.29 is 17.5 Å². The summed E-state index contributed by atoms with van der Waals surface area (Å²) >= 11 is 6.05. The SMILES string of the molecule is CC(C)(C)c1ccc(S(=O)(=O)Nc2cc(F)c(Cl)cc2-c2nncn2C2CCCOC2)cc1. The van der Waals surface area contributed by atoms with Crippen LogP contribution in [0.25, 0.3) is 11.4 Å². The third kappa shape index (κ3) is 5.05. The van der Waals surface area contributed by atoms with Gasteiger partial charge in [0.25, 0.3) is 10.0 Å². The lowest BCUT2D eigenvalue weighted by molar-refractivity contribution is 0.0596. The van der Waals surface area contributed by atoms with E-state index in [2.05, 4.69) is 14.9 Å². The Labute approximate surface area is 198 Å². The summed E-state index contributed by atoms with van der Waals surface area (Å²) in [6, 6.07) is 9.04. The third-order valence-corrected chi connectivity index (χ3v) is 7.35. The maximum atomic E-state index is 14.4. The van der Waals surface area contributed by atoms with Crippen LogP contribution in [0.1, 0.15) is 45.2 Å². The largest absolute Gasteiger partial charge is 0.379 e. The van der Waals surface area contributed by atoms with Crippen LogP contribution in [0.4, 0.5) is 10.1 Å². The lowest BCUT2D eigenvalue weighted by atomic mass is 9.87. The second-order valence-corrected chi connectivity index (χ2v) is 11.2. The molecular formula is C23H26ClFN4O3S. The van der Waals surface area contributed by atoms with Crippen molar-refractivity contribution in [1.29, 1.82) is 0 Å². The molecule has 1 aliphatic heterocycles. The molecule has 4 rings (SSSR count). The number of aromatic nitrogens is 3. The fraction of sp³-hybridized carbons (Fsp3) is 0.391. The Bertz CT molecular complexity index is 1250. The molecular weight excluding hydrogens is 467 g/mol. The zero-order chi connectivity index (χ0) is 23.8. The fourth-order valence-electron chi connectivity index (χ4n) is 3.80. The smallest absolute Gasteiger partial charge is 0.261 e. The molecule has 1 saturated heterocycles. The number of hydrogen-bond acceptors (Lipinski definition) is 5. The fourth-order valence-corrected chi connectivity index (χ4v) is 5.03. The molecule has 2 aromatic carbocycles. The molecule has 1 fully saturated rings. The summed E-state index contributed by atoms with van der Waals surface area (Å²) < 4.78 is 50.6. The van der Waals surface area contributed by atoms with Crippen molar-refractivity contribution in [3.8, 4) is 11.4 Å². The molecule has 3 aromatic rings. The van der Waals surface area contributed by atoms with Crippen molar-refractivity contribution in [2.45, 2.75) is 50.0 Å². The molecule has 7 nitrogen and oxygen atoms in total. The van der Waals surface area contributed by atoms with E-state index < -0.39 is 15.8 Å². The summed E-state index contributed by atoms with van der Waals surface area (Å²) in [5.41, 5.74) is 1.25.